The Hall–Kier alpha value is -0.870. The van der Waals surface area contributed by atoms with Crippen LogP contribution in [0.5, 0.6) is 0 Å². The Kier molecular flexibility index (Phi) is 1.74. The molecule has 1 amide bonds. The molecule has 5 nitrogen and oxygen atoms in total. The molecule has 0 aromatic rings. The van der Waals surface area contributed by atoms with Gasteiger partial charge in [-0.15, -0.1) is 4.20 Å². The lowest BCUT2D eigenvalue weighted by molar-refractivity contribution is -0.122. The van der Waals surface area contributed by atoms with Crippen molar-refractivity contribution in [3.05, 3.63) is 12.3 Å². The third-order valence-corrected chi connectivity index (χ3v) is 1.34. The summed E-state index contributed by atoms with van der Waals surface area (Å²) in [5.74, 6) is -0.727. The molecule has 0 bridgehead atoms. The van der Waals surface area contributed by atoms with Crippen molar-refractivity contribution in [3.8, 4) is 0 Å². The van der Waals surface area contributed by atoms with Crippen LogP contribution in [-0.4, -0.2) is 5.91 Å². The molecule has 0 aliphatic carbocycles. The lowest BCUT2D eigenvalue weighted by Crippen LogP contribution is -2.17. The van der Waals surface area contributed by atoms with Gasteiger partial charge in [-0.3, -0.25) is 4.79 Å². The van der Waals surface area contributed by atoms with E-state index in [-0.39, 0.29) is 0 Å². The van der Waals surface area contributed by atoms with Crippen molar-refractivity contribution in [1.82, 2.24) is 5.48 Å². The van der Waals surface area contributed by atoms with Crippen molar-refractivity contribution < 1.29 is 22.7 Å². The monoisotopic (exact) mass is 167 g/mol. The SMILES string of the molecule is O=C1C=COP(=O)(F)ON1. The largest absolute Gasteiger partial charge is 0.591 e. The fourth-order valence-corrected chi connectivity index (χ4v) is 0.768. The maximum Gasteiger partial charge on any atom is 0.591 e. The molecule has 0 saturated carbocycles. The number of amides is 1. The van der Waals surface area contributed by atoms with E-state index in [1.165, 1.54) is 0 Å². The van der Waals surface area contributed by atoms with Gasteiger partial charge in [0.2, 0.25) is 0 Å². The first-order chi connectivity index (χ1) is 4.60. The number of hydrogen-bond donors (Lipinski definition) is 1. The Balaban J connectivity index is 2.71. The van der Waals surface area contributed by atoms with Gasteiger partial charge in [-0.25, -0.2) is 10.0 Å². The quantitative estimate of drug-likeness (QED) is 0.538. The molecule has 0 spiro atoms. The van der Waals surface area contributed by atoms with Crippen LogP contribution in [0.1, 0.15) is 0 Å². The molecule has 1 aliphatic heterocycles. The topological polar surface area (TPSA) is 64.6 Å². The van der Waals surface area contributed by atoms with Crippen LogP contribution < -0.4 is 5.48 Å². The Morgan fingerprint density at radius 3 is 3.10 bits per heavy atom. The zero-order valence-corrected chi connectivity index (χ0v) is 5.51. The van der Waals surface area contributed by atoms with E-state index in [0.717, 1.165) is 6.08 Å². The van der Waals surface area contributed by atoms with Gasteiger partial charge in [0.05, 0.1) is 0 Å². The summed E-state index contributed by atoms with van der Waals surface area (Å²) in [4.78, 5) is 10.3. The zero-order chi connectivity index (χ0) is 7.61. The molecule has 1 N–H and O–H groups in total. The lowest BCUT2D eigenvalue weighted by atomic mass is 10.6. The van der Waals surface area contributed by atoms with E-state index in [0.29, 0.717) is 6.26 Å². The number of halogens is 1. The van der Waals surface area contributed by atoms with Gasteiger partial charge in [0.25, 0.3) is 5.91 Å². The summed E-state index contributed by atoms with van der Waals surface area (Å²) >= 11 is 0. The van der Waals surface area contributed by atoms with Gasteiger partial charge in [-0.2, -0.15) is 4.62 Å². The van der Waals surface area contributed by atoms with Crippen LogP contribution >= 0.6 is 7.91 Å². The summed E-state index contributed by atoms with van der Waals surface area (Å²) in [6, 6.07) is 0. The zero-order valence-electron chi connectivity index (χ0n) is 4.61. The average molecular weight is 167 g/mol. The molecule has 7 heteroatoms. The molecule has 1 aliphatic rings. The second kappa shape index (κ2) is 2.40. The molecule has 0 radical (unpaired) electrons. The smallest absolute Gasteiger partial charge is 0.407 e. The molecule has 1 rings (SSSR count). The van der Waals surface area contributed by atoms with Crippen LogP contribution in [-0.2, 0) is 18.5 Å². The molecule has 0 aromatic heterocycles. The first-order valence-corrected chi connectivity index (χ1v) is 3.67. The fourth-order valence-electron chi connectivity index (χ4n) is 0.320. The molecule has 0 saturated heterocycles. The van der Waals surface area contributed by atoms with Crippen molar-refractivity contribution in [3.63, 3.8) is 0 Å². The van der Waals surface area contributed by atoms with Crippen molar-refractivity contribution in [2.45, 2.75) is 0 Å². The summed E-state index contributed by atoms with van der Waals surface area (Å²) < 4.78 is 29.9. The van der Waals surface area contributed by atoms with E-state index in [9.17, 15) is 13.6 Å². The maximum absolute atomic E-state index is 12.1. The first kappa shape index (κ1) is 7.24. The fraction of sp³-hybridized carbons (Fsp3) is 0. The van der Waals surface area contributed by atoms with Crippen LogP contribution in [0.3, 0.4) is 0 Å². The first-order valence-electron chi connectivity index (χ1n) is 2.23. The minimum Gasteiger partial charge on any atom is -0.407 e. The molecule has 10 heavy (non-hydrogen) atoms. The minimum absolute atomic E-state index is 0.670. The van der Waals surface area contributed by atoms with Crippen LogP contribution in [0.2, 0.25) is 0 Å². The third-order valence-electron chi connectivity index (χ3n) is 0.661. The van der Waals surface area contributed by atoms with Gasteiger partial charge in [-0.05, 0) is 0 Å². The van der Waals surface area contributed by atoms with Crippen molar-refractivity contribution >= 4 is 13.8 Å². The molecule has 1 atom stereocenters. The number of hydroxylamine groups is 1. The Bertz CT molecular complexity index is 227. The van der Waals surface area contributed by atoms with Crippen molar-refractivity contribution in [2.24, 2.45) is 0 Å². The van der Waals surface area contributed by atoms with E-state index >= 15 is 0 Å². The van der Waals surface area contributed by atoms with E-state index in [1.54, 1.807) is 5.48 Å². The van der Waals surface area contributed by atoms with Gasteiger partial charge in [-0.1, -0.05) is 0 Å². The highest BCUT2D eigenvalue weighted by molar-refractivity contribution is 7.48. The highest BCUT2D eigenvalue weighted by Gasteiger charge is 2.27. The van der Waals surface area contributed by atoms with Gasteiger partial charge in [0, 0.05) is 6.08 Å². The predicted octanol–water partition coefficient (Wildman–Crippen LogP) is 0.656. The van der Waals surface area contributed by atoms with E-state index in [1.807, 2.05) is 0 Å². The predicted molar refractivity (Wildman–Crippen MR) is 28.2 cm³/mol. The second-order valence-electron chi connectivity index (χ2n) is 1.40. The molecule has 56 valence electrons. The standard InChI is InChI=1S/C3H3FNO4P/c4-10(7)8-2-1-3(6)5-9-10/h1-2H,(H,5,6). The second-order valence-corrected chi connectivity index (χ2v) is 2.65. The van der Waals surface area contributed by atoms with Gasteiger partial charge in [0.15, 0.2) is 0 Å². The lowest BCUT2D eigenvalue weighted by Gasteiger charge is -2.01. The molecule has 0 aromatic carbocycles. The van der Waals surface area contributed by atoms with Gasteiger partial charge >= 0.3 is 7.91 Å². The van der Waals surface area contributed by atoms with Gasteiger partial charge < -0.3 is 4.52 Å². The summed E-state index contributed by atoms with van der Waals surface area (Å²) in [7, 11) is -4.59. The highest BCUT2D eigenvalue weighted by Crippen LogP contribution is 2.49. The Morgan fingerprint density at radius 1 is 1.70 bits per heavy atom. The molecule has 1 heterocycles. The summed E-state index contributed by atoms with van der Waals surface area (Å²) in [6.07, 6.45) is 1.52. The van der Waals surface area contributed by atoms with Crippen molar-refractivity contribution in [2.75, 3.05) is 0 Å². The van der Waals surface area contributed by atoms with Crippen LogP contribution in [0.25, 0.3) is 0 Å². The summed E-state index contributed by atoms with van der Waals surface area (Å²) in [6.45, 7) is 0. The van der Waals surface area contributed by atoms with Crippen LogP contribution in [0.15, 0.2) is 12.3 Å². The average Bonchev–Trinajstić information content (AvgIpc) is 1.94. The molecular formula is C3H3FNO4P. The van der Waals surface area contributed by atoms with E-state index in [4.69, 9.17) is 0 Å². The molecule has 0 fully saturated rings. The normalized spacial score (nSPS) is 32.3. The molecule has 1 unspecified atom stereocenters. The minimum atomic E-state index is -4.59. The summed E-state index contributed by atoms with van der Waals surface area (Å²) in [5, 5.41) is 0. The maximum atomic E-state index is 12.1. The van der Waals surface area contributed by atoms with Crippen LogP contribution in [0.4, 0.5) is 4.20 Å². The number of hydrogen-bond acceptors (Lipinski definition) is 4. The number of nitrogens with one attached hydrogen (secondary N) is 1. The summed E-state index contributed by atoms with van der Waals surface area (Å²) in [5.41, 5.74) is 1.55. The third kappa shape index (κ3) is 1.82. The van der Waals surface area contributed by atoms with E-state index < -0.39 is 13.8 Å². The van der Waals surface area contributed by atoms with Gasteiger partial charge in [0.1, 0.15) is 6.26 Å². The number of carbonyl (C=O) groups excluding carboxylic acids is 1. The van der Waals surface area contributed by atoms with E-state index in [2.05, 4.69) is 9.15 Å². The van der Waals surface area contributed by atoms with Crippen molar-refractivity contribution in [1.29, 1.82) is 0 Å². The molecular weight excluding hydrogens is 164 g/mol. The number of rotatable bonds is 0. The van der Waals surface area contributed by atoms with Crippen LogP contribution in [0, 0.1) is 0 Å². The Labute approximate surface area is 55.4 Å². The Morgan fingerprint density at radius 2 is 2.40 bits per heavy atom. The number of carbonyl (C=O) groups is 1. The highest BCUT2D eigenvalue weighted by atomic mass is 31.2.